The largest absolute Gasteiger partial charge is 0.326 e. The van der Waals surface area contributed by atoms with Crippen LogP contribution in [0.5, 0.6) is 0 Å². The highest BCUT2D eigenvalue weighted by atomic mass is 16.1. The molecule has 0 aliphatic carbocycles. The van der Waals surface area contributed by atoms with Crippen molar-refractivity contribution in [3.05, 3.63) is 29.8 Å². The summed E-state index contributed by atoms with van der Waals surface area (Å²) >= 11 is 0. The summed E-state index contributed by atoms with van der Waals surface area (Å²) < 4.78 is 0. The molecule has 0 aliphatic rings. The average molecular weight is 201 g/mol. The molecule has 1 atom stereocenters. The van der Waals surface area contributed by atoms with Gasteiger partial charge in [0.15, 0.2) is 0 Å². The number of hydrogen-bond acceptors (Lipinski definition) is 1. The minimum atomic E-state index is 0.0273. The van der Waals surface area contributed by atoms with Gasteiger partial charge in [0.25, 0.3) is 0 Å². The zero-order valence-corrected chi connectivity index (χ0v) is 9.08. The molecule has 0 saturated heterocycles. The van der Waals surface area contributed by atoms with Crippen LogP contribution in [0, 0.1) is 18.3 Å². The maximum absolute atomic E-state index is 11.6. The Kier molecular flexibility index (Phi) is 3.93. The van der Waals surface area contributed by atoms with E-state index in [0.717, 1.165) is 17.7 Å². The zero-order valence-electron chi connectivity index (χ0n) is 9.08. The Morgan fingerprint density at radius 2 is 2.33 bits per heavy atom. The van der Waals surface area contributed by atoms with Crippen LogP contribution in [-0.4, -0.2) is 5.91 Å². The number of nitrogens with one attached hydrogen (secondary N) is 1. The third-order valence-corrected chi connectivity index (χ3v) is 2.36. The van der Waals surface area contributed by atoms with Crippen LogP contribution in [0.4, 0.5) is 5.69 Å². The van der Waals surface area contributed by atoms with Gasteiger partial charge in [-0.25, -0.2) is 0 Å². The molecule has 0 spiro atoms. The lowest BCUT2D eigenvalue weighted by Crippen LogP contribution is -2.19. The van der Waals surface area contributed by atoms with Crippen molar-refractivity contribution in [2.45, 2.75) is 20.3 Å². The number of rotatable bonds is 3. The predicted molar refractivity (Wildman–Crippen MR) is 62.5 cm³/mol. The van der Waals surface area contributed by atoms with Gasteiger partial charge in [-0.05, 0) is 24.6 Å². The van der Waals surface area contributed by atoms with E-state index in [1.807, 2.05) is 32.0 Å². The molecule has 1 unspecified atom stereocenters. The molecule has 0 bridgehead atoms. The fourth-order valence-corrected chi connectivity index (χ4v) is 1.14. The lowest BCUT2D eigenvalue weighted by Gasteiger charge is -2.09. The number of amides is 1. The minimum Gasteiger partial charge on any atom is -0.326 e. The number of terminal acetylenes is 1. The van der Waals surface area contributed by atoms with Crippen LogP contribution < -0.4 is 5.32 Å². The Hall–Kier alpha value is -1.75. The van der Waals surface area contributed by atoms with Crippen molar-refractivity contribution in [3.63, 3.8) is 0 Å². The molecule has 0 aromatic heterocycles. The Labute approximate surface area is 90.7 Å². The van der Waals surface area contributed by atoms with E-state index in [9.17, 15) is 4.79 Å². The number of hydrogen-bond donors (Lipinski definition) is 1. The first-order chi connectivity index (χ1) is 7.17. The van der Waals surface area contributed by atoms with Crippen molar-refractivity contribution in [2.24, 2.45) is 5.92 Å². The molecule has 1 N–H and O–H groups in total. The van der Waals surface area contributed by atoms with Gasteiger partial charge >= 0.3 is 0 Å². The second-order valence-corrected chi connectivity index (χ2v) is 3.52. The smallest absolute Gasteiger partial charge is 0.227 e. The summed E-state index contributed by atoms with van der Waals surface area (Å²) in [5, 5.41) is 2.83. The van der Waals surface area contributed by atoms with E-state index >= 15 is 0 Å². The standard InChI is InChI=1S/C13H15NO/c1-4-10(3)13(15)14-12-8-6-7-11(5-2)9-12/h2,6-10H,4H2,1,3H3,(H,14,15). The van der Waals surface area contributed by atoms with Crippen LogP contribution in [0.2, 0.25) is 0 Å². The van der Waals surface area contributed by atoms with Crippen LogP contribution in [0.15, 0.2) is 24.3 Å². The molecular formula is C13H15NO. The van der Waals surface area contributed by atoms with Crippen molar-refractivity contribution < 1.29 is 4.79 Å². The molecule has 0 heterocycles. The van der Waals surface area contributed by atoms with Crippen molar-refractivity contribution in [2.75, 3.05) is 5.32 Å². The highest BCUT2D eigenvalue weighted by molar-refractivity contribution is 5.92. The third-order valence-electron chi connectivity index (χ3n) is 2.36. The Morgan fingerprint density at radius 3 is 2.93 bits per heavy atom. The van der Waals surface area contributed by atoms with E-state index in [1.54, 1.807) is 6.07 Å². The first kappa shape index (κ1) is 11.3. The molecule has 1 rings (SSSR count). The summed E-state index contributed by atoms with van der Waals surface area (Å²) in [5.41, 5.74) is 1.53. The number of carbonyl (C=O) groups excluding carboxylic acids is 1. The van der Waals surface area contributed by atoms with Gasteiger partial charge < -0.3 is 5.32 Å². The molecule has 15 heavy (non-hydrogen) atoms. The summed E-state index contributed by atoms with van der Waals surface area (Å²) in [6, 6.07) is 7.29. The van der Waals surface area contributed by atoms with Crippen molar-refractivity contribution >= 4 is 11.6 Å². The summed E-state index contributed by atoms with van der Waals surface area (Å²) in [6.07, 6.45) is 6.11. The van der Waals surface area contributed by atoms with Crippen molar-refractivity contribution in [3.8, 4) is 12.3 Å². The molecule has 1 amide bonds. The van der Waals surface area contributed by atoms with Crippen LogP contribution in [0.3, 0.4) is 0 Å². The normalized spacial score (nSPS) is 11.5. The SMILES string of the molecule is C#Cc1cccc(NC(=O)C(C)CC)c1. The number of benzene rings is 1. The van der Waals surface area contributed by atoms with Crippen molar-refractivity contribution in [1.82, 2.24) is 0 Å². The molecule has 1 aromatic rings. The van der Waals surface area contributed by atoms with Crippen LogP contribution in [0.1, 0.15) is 25.8 Å². The Morgan fingerprint density at radius 1 is 1.60 bits per heavy atom. The second-order valence-electron chi connectivity index (χ2n) is 3.52. The van der Waals surface area contributed by atoms with Crippen LogP contribution in [-0.2, 0) is 4.79 Å². The molecule has 0 fully saturated rings. The summed E-state index contributed by atoms with van der Waals surface area (Å²) in [7, 11) is 0. The molecule has 1 aromatic carbocycles. The maximum atomic E-state index is 11.6. The highest BCUT2D eigenvalue weighted by Gasteiger charge is 2.10. The topological polar surface area (TPSA) is 29.1 Å². The fourth-order valence-electron chi connectivity index (χ4n) is 1.14. The first-order valence-corrected chi connectivity index (χ1v) is 5.05. The summed E-state index contributed by atoms with van der Waals surface area (Å²) in [5.74, 6) is 2.59. The van der Waals surface area contributed by atoms with Gasteiger partial charge in [-0.1, -0.05) is 25.8 Å². The van der Waals surface area contributed by atoms with E-state index in [1.165, 1.54) is 0 Å². The Balaban J connectivity index is 2.73. The molecule has 0 radical (unpaired) electrons. The van der Waals surface area contributed by atoms with Crippen molar-refractivity contribution in [1.29, 1.82) is 0 Å². The zero-order chi connectivity index (χ0) is 11.3. The lowest BCUT2D eigenvalue weighted by molar-refractivity contribution is -0.119. The Bertz CT molecular complexity index is 390. The van der Waals surface area contributed by atoms with Gasteiger partial charge in [0.1, 0.15) is 0 Å². The van der Waals surface area contributed by atoms with E-state index in [0.29, 0.717) is 0 Å². The quantitative estimate of drug-likeness (QED) is 0.748. The molecular weight excluding hydrogens is 186 g/mol. The summed E-state index contributed by atoms with van der Waals surface area (Å²) in [6.45, 7) is 3.89. The number of carbonyl (C=O) groups is 1. The molecule has 78 valence electrons. The number of anilines is 1. The van der Waals surface area contributed by atoms with Crippen LogP contribution in [0.25, 0.3) is 0 Å². The van der Waals surface area contributed by atoms with E-state index in [-0.39, 0.29) is 11.8 Å². The maximum Gasteiger partial charge on any atom is 0.227 e. The van der Waals surface area contributed by atoms with Gasteiger partial charge in [0, 0.05) is 17.2 Å². The monoisotopic (exact) mass is 201 g/mol. The van der Waals surface area contributed by atoms with E-state index < -0.39 is 0 Å². The predicted octanol–water partition coefficient (Wildman–Crippen LogP) is 2.65. The second kappa shape index (κ2) is 5.21. The van der Waals surface area contributed by atoms with Gasteiger partial charge in [-0.3, -0.25) is 4.79 Å². The fraction of sp³-hybridized carbons (Fsp3) is 0.308. The highest BCUT2D eigenvalue weighted by Crippen LogP contribution is 2.12. The van der Waals surface area contributed by atoms with Gasteiger partial charge in [-0.2, -0.15) is 0 Å². The molecule has 0 saturated carbocycles. The first-order valence-electron chi connectivity index (χ1n) is 5.05. The van der Waals surface area contributed by atoms with Gasteiger partial charge in [0.2, 0.25) is 5.91 Å². The van der Waals surface area contributed by atoms with E-state index in [2.05, 4.69) is 11.2 Å². The summed E-state index contributed by atoms with van der Waals surface area (Å²) in [4.78, 5) is 11.6. The lowest BCUT2D eigenvalue weighted by atomic mass is 10.1. The minimum absolute atomic E-state index is 0.0273. The van der Waals surface area contributed by atoms with Gasteiger partial charge in [0.05, 0.1) is 0 Å². The van der Waals surface area contributed by atoms with Gasteiger partial charge in [-0.15, -0.1) is 6.42 Å². The molecule has 2 nitrogen and oxygen atoms in total. The third kappa shape index (κ3) is 3.14. The van der Waals surface area contributed by atoms with E-state index in [4.69, 9.17) is 6.42 Å². The molecule has 0 aliphatic heterocycles. The van der Waals surface area contributed by atoms with Crippen LogP contribution >= 0.6 is 0 Å². The average Bonchev–Trinajstić information content (AvgIpc) is 2.28. The molecule has 2 heteroatoms.